The first-order valence-electron chi connectivity index (χ1n) is 5.96. The van der Waals surface area contributed by atoms with E-state index in [4.69, 9.17) is 21.1 Å². The molecule has 100 valence electrons. The van der Waals surface area contributed by atoms with E-state index in [2.05, 4.69) is 5.32 Å². The normalized spacial score (nSPS) is 18.9. The lowest BCUT2D eigenvalue weighted by atomic mass is 10.1. The predicted molar refractivity (Wildman–Crippen MR) is 77.1 cm³/mol. The molecule has 1 saturated heterocycles. The van der Waals surface area contributed by atoms with Gasteiger partial charge in [0, 0.05) is 18.3 Å². The second-order valence-corrected chi connectivity index (χ2v) is 5.74. The predicted octanol–water partition coefficient (Wildman–Crippen LogP) is 2.95. The molecule has 1 aliphatic rings. The molecule has 1 fully saturated rings. The lowest BCUT2D eigenvalue weighted by molar-refractivity contribution is 0.354. The number of rotatable bonds is 5. The van der Waals surface area contributed by atoms with Crippen LogP contribution >= 0.6 is 23.4 Å². The number of methoxy groups -OCH3 is 2. The molecule has 1 unspecified atom stereocenters. The summed E-state index contributed by atoms with van der Waals surface area (Å²) < 4.78 is 10.5. The summed E-state index contributed by atoms with van der Waals surface area (Å²) in [5.41, 5.74) is 1.05. The fourth-order valence-electron chi connectivity index (χ4n) is 2.02. The molecule has 0 spiro atoms. The van der Waals surface area contributed by atoms with Crippen LogP contribution in [0.2, 0.25) is 5.02 Å². The molecular formula is C13H18ClNO2S. The van der Waals surface area contributed by atoms with Crippen molar-refractivity contribution in [3.63, 3.8) is 0 Å². The molecule has 0 aliphatic carbocycles. The van der Waals surface area contributed by atoms with Crippen LogP contribution in [0.5, 0.6) is 11.5 Å². The molecule has 1 atom stereocenters. The lowest BCUT2D eigenvalue weighted by Crippen LogP contribution is -2.28. The largest absolute Gasteiger partial charge is 0.493 e. The van der Waals surface area contributed by atoms with E-state index < -0.39 is 0 Å². The minimum Gasteiger partial charge on any atom is -0.493 e. The molecule has 0 bridgehead atoms. The van der Waals surface area contributed by atoms with Crippen molar-refractivity contribution in [1.29, 1.82) is 0 Å². The molecule has 1 heterocycles. The van der Waals surface area contributed by atoms with Crippen LogP contribution in [0, 0.1) is 0 Å². The maximum absolute atomic E-state index is 6.33. The second-order valence-electron chi connectivity index (χ2n) is 4.22. The molecule has 1 N–H and O–H groups in total. The fraction of sp³-hybridized carbons (Fsp3) is 0.538. The molecule has 1 aromatic carbocycles. The molecule has 2 rings (SSSR count). The van der Waals surface area contributed by atoms with Crippen LogP contribution in [-0.4, -0.2) is 31.8 Å². The van der Waals surface area contributed by atoms with Gasteiger partial charge in [-0.1, -0.05) is 17.7 Å². The monoisotopic (exact) mass is 287 g/mol. The topological polar surface area (TPSA) is 30.5 Å². The minimum atomic E-state index is 0.596. The van der Waals surface area contributed by atoms with Crippen molar-refractivity contribution in [3.05, 3.63) is 22.7 Å². The van der Waals surface area contributed by atoms with Crippen molar-refractivity contribution in [2.75, 3.05) is 25.7 Å². The van der Waals surface area contributed by atoms with Gasteiger partial charge in [0.1, 0.15) is 0 Å². The van der Waals surface area contributed by atoms with Crippen molar-refractivity contribution >= 4 is 23.4 Å². The van der Waals surface area contributed by atoms with Gasteiger partial charge < -0.3 is 14.8 Å². The van der Waals surface area contributed by atoms with E-state index in [1.807, 2.05) is 23.9 Å². The average Bonchev–Trinajstić information content (AvgIpc) is 2.90. The quantitative estimate of drug-likeness (QED) is 0.902. The molecule has 0 radical (unpaired) electrons. The number of hydrogen-bond donors (Lipinski definition) is 1. The number of halogens is 1. The first-order chi connectivity index (χ1) is 8.76. The van der Waals surface area contributed by atoms with Gasteiger partial charge in [-0.25, -0.2) is 0 Å². The van der Waals surface area contributed by atoms with Crippen molar-refractivity contribution in [1.82, 2.24) is 5.32 Å². The van der Waals surface area contributed by atoms with Gasteiger partial charge in [-0.3, -0.25) is 0 Å². The van der Waals surface area contributed by atoms with Gasteiger partial charge >= 0.3 is 0 Å². The Morgan fingerprint density at radius 1 is 1.39 bits per heavy atom. The summed E-state index contributed by atoms with van der Waals surface area (Å²) in [6.45, 7) is 0.768. The van der Waals surface area contributed by atoms with Crippen molar-refractivity contribution in [3.8, 4) is 11.5 Å². The molecule has 5 heteroatoms. The Labute approximate surface area is 117 Å². The van der Waals surface area contributed by atoms with Crippen LogP contribution in [0.25, 0.3) is 0 Å². The molecule has 18 heavy (non-hydrogen) atoms. The minimum absolute atomic E-state index is 0.596. The highest BCUT2D eigenvalue weighted by Gasteiger charge is 2.17. The Bertz CT molecular complexity index is 408. The number of nitrogens with one attached hydrogen (secondary N) is 1. The van der Waals surface area contributed by atoms with E-state index in [1.54, 1.807) is 14.2 Å². The van der Waals surface area contributed by atoms with Gasteiger partial charge in [-0.15, -0.1) is 0 Å². The van der Waals surface area contributed by atoms with E-state index in [0.29, 0.717) is 22.6 Å². The first kappa shape index (κ1) is 13.8. The summed E-state index contributed by atoms with van der Waals surface area (Å²) >= 11 is 8.32. The molecule has 1 aromatic rings. The Hall–Kier alpha value is -0.580. The van der Waals surface area contributed by atoms with Gasteiger partial charge in [0.2, 0.25) is 0 Å². The number of hydrogen-bond acceptors (Lipinski definition) is 4. The Balaban J connectivity index is 2.07. The van der Waals surface area contributed by atoms with E-state index in [9.17, 15) is 0 Å². The van der Waals surface area contributed by atoms with E-state index >= 15 is 0 Å². The zero-order valence-electron chi connectivity index (χ0n) is 10.7. The molecule has 0 saturated carbocycles. The smallest absolute Gasteiger partial charge is 0.179 e. The van der Waals surface area contributed by atoms with Crippen LogP contribution in [0.1, 0.15) is 12.0 Å². The molecule has 0 amide bonds. The highest BCUT2D eigenvalue weighted by molar-refractivity contribution is 7.99. The van der Waals surface area contributed by atoms with Gasteiger partial charge in [-0.05, 0) is 23.8 Å². The highest BCUT2D eigenvalue weighted by atomic mass is 35.5. The number of benzene rings is 1. The van der Waals surface area contributed by atoms with Crippen LogP contribution < -0.4 is 14.8 Å². The van der Waals surface area contributed by atoms with Gasteiger partial charge in [0.15, 0.2) is 11.5 Å². The Kier molecular flexibility index (Phi) is 5.03. The summed E-state index contributed by atoms with van der Waals surface area (Å²) in [5.74, 6) is 3.71. The van der Waals surface area contributed by atoms with Crippen molar-refractivity contribution in [2.45, 2.75) is 19.0 Å². The molecule has 1 aliphatic heterocycles. The van der Waals surface area contributed by atoms with Gasteiger partial charge in [0.05, 0.1) is 19.2 Å². The van der Waals surface area contributed by atoms with E-state index in [-0.39, 0.29) is 0 Å². The average molecular weight is 288 g/mol. The second kappa shape index (κ2) is 6.55. The zero-order chi connectivity index (χ0) is 13.0. The lowest BCUT2D eigenvalue weighted by Gasteiger charge is -2.15. The third-order valence-electron chi connectivity index (χ3n) is 3.08. The van der Waals surface area contributed by atoms with Crippen LogP contribution in [0.15, 0.2) is 12.1 Å². The maximum Gasteiger partial charge on any atom is 0.179 e. The molecular weight excluding hydrogens is 270 g/mol. The molecule has 3 nitrogen and oxygen atoms in total. The first-order valence-corrected chi connectivity index (χ1v) is 7.50. The molecule has 0 aromatic heterocycles. The summed E-state index contributed by atoms with van der Waals surface area (Å²) in [6.07, 6.45) is 1.23. The fourth-order valence-corrected chi connectivity index (χ4v) is 3.50. The highest BCUT2D eigenvalue weighted by Crippen LogP contribution is 2.37. The number of thioether (sulfide) groups is 1. The Morgan fingerprint density at radius 2 is 2.22 bits per heavy atom. The SMILES string of the molecule is COc1ccc(CNC2CCSC2)c(Cl)c1OC. The van der Waals surface area contributed by atoms with Crippen molar-refractivity contribution < 1.29 is 9.47 Å². The van der Waals surface area contributed by atoms with Crippen LogP contribution in [0.4, 0.5) is 0 Å². The van der Waals surface area contributed by atoms with Gasteiger partial charge in [-0.2, -0.15) is 11.8 Å². The maximum atomic E-state index is 6.33. The van der Waals surface area contributed by atoms with E-state index in [1.165, 1.54) is 17.9 Å². The van der Waals surface area contributed by atoms with Crippen LogP contribution in [0.3, 0.4) is 0 Å². The summed E-state index contributed by atoms with van der Waals surface area (Å²) in [6, 6.07) is 4.48. The standard InChI is InChI=1S/C13H18ClNO2S/c1-16-11-4-3-9(12(14)13(11)17-2)7-15-10-5-6-18-8-10/h3-4,10,15H,5-8H2,1-2H3. The van der Waals surface area contributed by atoms with Gasteiger partial charge in [0.25, 0.3) is 0 Å². The Morgan fingerprint density at radius 3 is 2.83 bits per heavy atom. The van der Waals surface area contributed by atoms with Crippen molar-refractivity contribution in [2.24, 2.45) is 0 Å². The number of ether oxygens (including phenoxy) is 2. The summed E-state index contributed by atoms with van der Waals surface area (Å²) in [5, 5.41) is 4.16. The summed E-state index contributed by atoms with van der Waals surface area (Å²) in [4.78, 5) is 0. The zero-order valence-corrected chi connectivity index (χ0v) is 12.2. The summed E-state index contributed by atoms with van der Waals surface area (Å²) in [7, 11) is 3.22. The van der Waals surface area contributed by atoms with E-state index in [0.717, 1.165) is 12.1 Å². The third kappa shape index (κ3) is 3.05. The van der Waals surface area contributed by atoms with Crippen LogP contribution in [-0.2, 0) is 6.54 Å². The third-order valence-corrected chi connectivity index (χ3v) is 4.65.